The fourth-order valence-electron chi connectivity index (χ4n) is 1.13. The molecular weight excluding hydrogens is 256 g/mol. The molecule has 0 unspecified atom stereocenters. The summed E-state index contributed by atoms with van der Waals surface area (Å²) in [6.45, 7) is -0.00764. The van der Waals surface area contributed by atoms with Crippen molar-refractivity contribution in [3.63, 3.8) is 0 Å². The average molecular weight is 266 g/mol. The maximum Gasteiger partial charge on any atom is 0.327 e. The Kier molecular flexibility index (Phi) is 4.18. The first-order valence-corrected chi connectivity index (χ1v) is 5.99. The van der Waals surface area contributed by atoms with E-state index < -0.39 is 5.97 Å². The average Bonchev–Trinajstić information content (AvgIpc) is 2.84. The Morgan fingerprint density at radius 3 is 3.11 bits per heavy atom. The van der Waals surface area contributed by atoms with Crippen molar-refractivity contribution >= 4 is 17.7 Å². The number of tetrazole rings is 1. The van der Waals surface area contributed by atoms with Crippen LogP contribution in [0.25, 0.3) is 0 Å². The Labute approximate surface area is 107 Å². The van der Waals surface area contributed by atoms with Gasteiger partial charge in [0.15, 0.2) is 0 Å². The maximum atomic E-state index is 11.1. The number of hydrogen-bond acceptors (Lipinski definition) is 8. The lowest BCUT2D eigenvalue weighted by Gasteiger charge is -2.02. The maximum absolute atomic E-state index is 11.1. The Morgan fingerprint density at radius 2 is 2.39 bits per heavy atom. The Bertz CT molecular complexity index is 517. The van der Waals surface area contributed by atoms with Gasteiger partial charge in [-0.2, -0.15) is 0 Å². The smallest absolute Gasteiger partial charge is 0.327 e. The molecule has 0 aliphatic carbocycles. The van der Waals surface area contributed by atoms with Gasteiger partial charge in [0.1, 0.15) is 6.54 Å². The Hall–Kier alpha value is -2.03. The zero-order valence-electron chi connectivity index (χ0n) is 9.55. The van der Waals surface area contributed by atoms with Crippen molar-refractivity contribution in [3.8, 4) is 0 Å². The van der Waals surface area contributed by atoms with Crippen LogP contribution in [0.1, 0.15) is 5.69 Å². The molecular formula is C9H10N6O2S. The minimum atomic E-state index is -0.399. The number of hydrogen-bond donors (Lipinski definition) is 0. The lowest BCUT2D eigenvalue weighted by atomic mass is 10.5. The van der Waals surface area contributed by atoms with Crippen LogP contribution in [0.15, 0.2) is 23.7 Å². The zero-order valence-corrected chi connectivity index (χ0v) is 10.4. The van der Waals surface area contributed by atoms with Gasteiger partial charge in [-0.05, 0) is 10.4 Å². The second kappa shape index (κ2) is 6.05. The minimum absolute atomic E-state index is 0.00764. The largest absolute Gasteiger partial charge is 0.468 e. The lowest BCUT2D eigenvalue weighted by Crippen LogP contribution is -2.13. The summed E-state index contributed by atoms with van der Waals surface area (Å²) in [7, 11) is 1.32. The summed E-state index contributed by atoms with van der Waals surface area (Å²) < 4.78 is 5.94. The van der Waals surface area contributed by atoms with E-state index in [1.165, 1.54) is 23.6 Å². The number of ether oxygens (including phenoxy) is 1. The number of methoxy groups -OCH3 is 1. The Morgan fingerprint density at radius 1 is 1.50 bits per heavy atom. The topological polar surface area (TPSA) is 95.7 Å². The van der Waals surface area contributed by atoms with E-state index in [4.69, 9.17) is 0 Å². The van der Waals surface area contributed by atoms with Crippen LogP contribution in [0.2, 0.25) is 0 Å². The monoisotopic (exact) mass is 266 g/mol. The molecule has 0 radical (unpaired) electrons. The highest BCUT2D eigenvalue weighted by atomic mass is 32.2. The first-order valence-electron chi connectivity index (χ1n) is 5.00. The van der Waals surface area contributed by atoms with Crippen molar-refractivity contribution in [2.75, 3.05) is 7.11 Å². The van der Waals surface area contributed by atoms with Gasteiger partial charge in [-0.3, -0.25) is 14.8 Å². The molecule has 18 heavy (non-hydrogen) atoms. The van der Waals surface area contributed by atoms with Crippen molar-refractivity contribution in [2.24, 2.45) is 0 Å². The van der Waals surface area contributed by atoms with Crippen molar-refractivity contribution in [3.05, 3.63) is 24.3 Å². The summed E-state index contributed by atoms with van der Waals surface area (Å²) in [5, 5.41) is 11.6. The van der Waals surface area contributed by atoms with Crippen LogP contribution in [0, 0.1) is 0 Å². The van der Waals surface area contributed by atoms with E-state index in [1.807, 2.05) is 0 Å². The van der Waals surface area contributed by atoms with E-state index in [2.05, 4.69) is 30.2 Å². The third kappa shape index (κ3) is 3.23. The molecule has 0 saturated heterocycles. The van der Waals surface area contributed by atoms with Crippen LogP contribution < -0.4 is 0 Å². The van der Waals surface area contributed by atoms with Gasteiger partial charge in [0, 0.05) is 24.3 Å². The second-order valence-electron chi connectivity index (χ2n) is 3.18. The van der Waals surface area contributed by atoms with Gasteiger partial charge < -0.3 is 4.74 Å². The van der Waals surface area contributed by atoms with E-state index in [1.54, 1.807) is 18.6 Å². The highest BCUT2D eigenvalue weighted by Gasteiger charge is 2.11. The summed E-state index contributed by atoms with van der Waals surface area (Å²) >= 11 is 1.38. The number of aromatic nitrogens is 6. The number of rotatable bonds is 5. The van der Waals surface area contributed by atoms with E-state index in [0.717, 1.165) is 5.69 Å². The zero-order chi connectivity index (χ0) is 12.8. The van der Waals surface area contributed by atoms with E-state index in [0.29, 0.717) is 10.9 Å². The van der Waals surface area contributed by atoms with Crippen LogP contribution in [-0.4, -0.2) is 43.3 Å². The molecule has 0 fully saturated rings. The number of nitrogens with zero attached hydrogens (tertiary/aromatic N) is 6. The van der Waals surface area contributed by atoms with E-state index in [-0.39, 0.29) is 6.54 Å². The summed E-state index contributed by atoms with van der Waals surface area (Å²) in [6, 6.07) is 0. The van der Waals surface area contributed by atoms with Crippen molar-refractivity contribution < 1.29 is 9.53 Å². The van der Waals surface area contributed by atoms with Gasteiger partial charge in [-0.15, -0.1) is 5.10 Å². The number of carbonyl (C=O) groups is 1. The van der Waals surface area contributed by atoms with Gasteiger partial charge in [-0.1, -0.05) is 11.8 Å². The summed E-state index contributed by atoms with van der Waals surface area (Å²) in [6.07, 6.45) is 4.89. The molecule has 9 heteroatoms. The van der Waals surface area contributed by atoms with Crippen molar-refractivity contribution in [1.29, 1.82) is 0 Å². The first kappa shape index (κ1) is 12.4. The molecule has 0 bridgehead atoms. The van der Waals surface area contributed by atoms with E-state index >= 15 is 0 Å². The molecule has 94 valence electrons. The molecule has 0 aromatic carbocycles. The van der Waals surface area contributed by atoms with Gasteiger partial charge in [0.2, 0.25) is 5.16 Å². The van der Waals surface area contributed by atoms with Crippen LogP contribution in [0.4, 0.5) is 0 Å². The molecule has 2 rings (SSSR count). The van der Waals surface area contributed by atoms with Gasteiger partial charge in [0.25, 0.3) is 0 Å². The SMILES string of the molecule is COC(=O)Cn1nnnc1SCc1cnccn1. The lowest BCUT2D eigenvalue weighted by molar-refractivity contribution is -0.141. The fraction of sp³-hybridized carbons (Fsp3) is 0.333. The predicted octanol–water partition coefficient (Wildman–Crippen LogP) is -0.0716. The van der Waals surface area contributed by atoms with Crippen molar-refractivity contribution in [2.45, 2.75) is 17.5 Å². The molecule has 0 amide bonds. The molecule has 2 aromatic heterocycles. The quantitative estimate of drug-likeness (QED) is 0.548. The van der Waals surface area contributed by atoms with Crippen LogP contribution >= 0.6 is 11.8 Å². The second-order valence-corrected chi connectivity index (χ2v) is 4.12. The molecule has 2 heterocycles. The highest BCUT2D eigenvalue weighted by Crippen LogP contribution is 2.17. The number of thioether (sulfide) groups is 1. The number of carbonyl (C=O) groups excluding carboxylic acids is 1. The minimum Gasteiger partial charge on any atom is -0.468 e. The van der Waals surface area contributed by atoms with Crippen LogP contribution in [0.3, 0.4) is 0 Å². The first-order chi connectivity index (χ1) is 8.79. The number of esters is 1. The van der Waals surface area contributed by atoms with Crippen molar-refractivity contribution in [1.82, 2.24) is 30.2 Å². The third-order valence-electron chi connectivity index (χ3n) is 1.97. The van der Waals surface area contributed by atoms with Gasteiger partial charge in [0.05, 0.1) is 12.8 Å². The predicted molar refractivity (Wildman–Crippen MR) is 61.4 cm³/mol. The summed E-state index contributed by atoms with van der Waals surface area (Å²) in [4.78, 5) is 19.2. The normalized spacial score (nSPS) is 10.3. The molecule has 0 aliphatic heterocycles. The summed E-state index contributed by atoms with van der Waals surface area (Å²) in [5.74, 6) is 0.179. The fourth-order valence-corrected chi connectivity index (χ4v) is 1.90. The molecule has 0 aliphatic rings. The molecule has 2 aromatic rings. The third-order valence-corrected chi connectivity index (χ3v) is 2.96. The molecule has 0 N–H and O–H groups in total. The van der Waals surface area contributed by atoms with Gasteiger partial charge in [-0.25, -0.2) is 4.68 Å². The van der Waals surface area contributed by atoms with Crippen LogP contribution in [0.5, 0.6) is 0 Å². The molecule has 0 spiro atoms. The molecule has 0 saturated carbocycles. The van der Waals surface area contributed by atoms with Crippen LogP contribution in [-0.2, 0) is 21.8 Å². The summed E-state index contributed by atoms with van der Waals surface area (Å²) in [5.41, 5.74) is 0.815. The Balaban J connectivity index is 1.98. The van der Waals surface area contributed by atoms with Gasteiger partial charge >= 0.3 is 5.97 Å². The molecule has 8 nitrogen and oxygen atoms in total. The standard InChI is InChI=1S/C9H10N6O2S/c1-17-8(16)5-15-9(12-13-14-15)18-6-7-4-10-2-3-11-7/h2-4H,5-6H2,1H3. The molecule has 0 atom stereocenters. The highest BCUT2D eigenvalue weighted by molar-refractivity contribution is 7.98. The van der Waals surface area contributed by atoms with E-state index in [9.17, 15) is 4.79 Å².